The Hall–Kier alpha value is -4.50. The predicted molar refractivity (Wildman–Crippen MR) is 151 cm³/mol. The van der Waals surface area contributed by atoms with E-state index in [2.05, 4.69) is 38.0 Å². The number of likely N-dealkylation sites (N-methyl/N-ethyl adjacent to an activating group) is 1. The molecule has 0 fully saturated rings. The Kier molecular flexibility index (Phi) is 8.50. The van der Waals surface area contributed by atoms with E-state index in [0.717, 1.165) is 28.4 Å². The molecule has 0 saturated carbocycles. The zero-order valence-corrected chi connectivity index (χ0v) is 22.2. The first-order valence-electron chi connectivity index (χ1n) is 11.8. The zero-order chi connectivity index (χ0) is 27.1. The van der Waals surface area contributed by atoms with E-state index in [1.165, 1.54) is 5.56 Å². The molecule has 8 heteroatoms. The summed E-state index contributed by atoms with van der Waals surface area (Å²) in [6.45, 7) is 1.05. The van der Waals surface area contributed by atoms with Crippen LogP contribution in [0.3, 0.4) is 0 Å². The van der Waals surface area contributed by atoms with E-state index in [4.69, 9.17) is 10.5 Å². The Morgan fingerprint density at radius 2 is 1.34 bits per heavy atom. The standard InChI is InChI=1S/C19H17N3O.C11H7BrN2O/c1-22(12-14-5-3-2-4-6-14)13-19(23)17-11-21-18-8-7-15(10-20)9-16(17)18;12-4-11(15)9-6-14-10-2-1-7(5-13)3-8(9)10/h2-9,11,21H,12-13H2,1H3;1-3,6,14H,4H2. The number of benzene rings is 3. The SMILES string of the molecule is CN(CC(=O)c1c[nH]c2ccc(C#N)cc12)Cc1ccccc1.N#Cc1ccc2[nH]cc(C(=O)CBr)c2c1. The van der Waals surface area contributed by atoms with E-state index >= 15 is 0 Å². The molecule has 7 nitrogen and oxygen atoms in total. The molecule has 5 aromatic rings. The van der Waals surface area contributed by atoms with Crippen molar-refractivity contribution in [3.63, 3.8) is 0 Å². The van der Waals surface area contributed by atoms with Crippen molar-refractivity contribution >= 4 is 49.3 Å². The number of H-pyrrole nitrogens is 2. The second-order valence-electron chi connectivity index (χ2n) is 8.79. The van der Waals surface area contributed by atoms with Gasteiger partial charge in [0, 0.05) is 51.9 Å². The first-order chi connectivity index (χ1) is 18.4. The third-order valence-corrected chi connectivity index (χ3v) is 6.56. The number of Topliss-reactive ketones (excluding diaryl/α,β-unsaturated/α-hetero) is 2. The lowest BCUT2D eigenvalue weighted by atomic mass is 10.1. The van der Waals surface area contributed by atoms with Gasteiger partial charge in [0.15, 0.2) is 11.6 Å². The number of nitrogens with one attached hydrogen (secondary N) is 2. The number of ketones is 2. The molecule has 3 aromatic carbocycles. The number of carbonyl (C=O) groups excluding carboxylic acids is 2. The van der Waals surface area contributed by atoms with Crippen molar-refractivity contribution in [3.05, 3.63) is 107 Å². The minimum atomic E-state index is 0.0105. The fourth-order valence-corrected chi connectivity index (χ4v) is 4.50. The lowest BCUT2D eigenvalue weighted by molar-refractivity contribution is 0.0944. The summed E-state index contributed by atoms with van der Waals surface area (Å²) in [5.41, 5.74) is 5.30. The number of aromatic nitrogens is 2. The molecule has 0 aliphatic rings. The summed E-state index contributed by atoms with van der Waals surface area (Å²) in [7, 11) is 1.93. The van der Waals surface area contributed by atoms with Crippen molar-refractivity contribution in [1.82, 2.24) is 14.9 Å². The molecule has 0 atom stereocenters. The number of nitriles is 2. The summed E-state index contributed by atoms with van der Waals surface area (Å²) >= 11 is 3.13. The maximum Gasteiger partial charge on any atom is 0.178 e. The van der Waals surface area contributed by atoms with E-state index in [-0.39, 0.29) is 16.9 Å². The summed E-state index contributed by atoms with van der Waals surface area (Å²) in [6.07, 6.45) is 3.40. The van der Waals surface area contributed by atoms with Gasteiger partial charge in [-0.25, -0.2) is 0 Å². The smallest absolute Gasteiger partial charge is 0.178 e. The van der Waals surface area contributed by atoms with E-state index in [1.807, 2.05) is 48.3 Å². The topological polar surface area (TPSA) is 117 Å². The van der Waals surface area contributed by atoms with Crippen molar-refractivity contribution in [2.75, 3.05) is 18.9 Å². The highest BCUT2D eigenvalue weighted by atomic mass is 79.9. The summed E-state index contributed by atoms with van der Waals surface area (Å²) in [6, 6.07) is 24.8. The number of aromatic amines is 2. The van der Waals surface area contributed by atoms with Gasteiger partial charge in [-0.15, -0.1) is 0 Å². The van der Waals surface area contributed by atoms with Crippen LogP contribution >= 0.6 is 15.9 Å². The van der Waals surface area contributed by atoms with Crippen molar-refractivity contribution < 1.29 is 9.59 Å². The maximum absolute atomic E-state index is 12.6. The quantitative estimate of drug-likeness (QED) is 0.186. The molecule has 188 valence electrons. The number of carbonyl (C=O) groups is 2. The van der Waals surface area contributed by atoms with Crippen LogP contribution in [0.15, 0.2) is 79.1 Å². The molecular weight excluding hydrogens is 542 g/mol. The molecule has 2 aromatic heterocycles. The molecule has 5 rings (SSSR count). The van der Waals surface area contributed by atoms with Gasteiger partial charge in [0.2, 0.25) is 0 Å². The Morgan fingerprint density at radius 1 is 0.816 bits per heavy atom. The van der Waals surface area contributed by atoms with Gasteiger partial charge in [0.25, 0.3) is 0 Å². The van der Waals surface area contributed by atoms with Crippen LogP contribution in [0.25, 0.3) is 21.8 Å². The van der Waals surface area contributed by atoms with Crippen molar-refractivity contribution in [2.45, 2.75) is 6.54 Å². The Balaban J connectivity index is 0.000000194. The lowest BCUT2D eigenvalue weighted by Gasteiger charge is -2.15. The van der Waals surface area contributed by atoms with Crippen molar-refractivity contribution in [1.29, 1.82) is 10.5 Å². The van der Waals surface area contributed by atoms with Gasteiger partial charge in [0.1, 0.15) is 0 Å². The van der Waals surface area contributed by atoms with E-state index in [0.29, 0.717) is 28.8 Å². The summed E-state index contributed by atoms with van der Waals surface area (Å²) in [4.78, 5) is 32.2. The molecule has 38 heavy (non-hydrogen) atoms. The Bertz CT molecular complexity index is 1690. The molecular formula is C30H24BrN5O2. The molecule has 0 unspecified atom stereocenters. The Labute approximate surface area is 228 Å². The second-order valence-corrected chi connectivity index (χ2v) is 9.35. The van der Waals surface area contributed by atoms with Crippen LogP contribution in [0.2, 0.25) is 0 Å². The normalized spacial score (nSPS) is 10.6. The molecule has 0 spiro atoms. The minimum absolute atomic E-state index is 0.0105. The molecule has 0 amide bonds. The number of alkyl halides is 1. The first kappa shape index (κ1) is 26.6. The average molecular weight is 566 g/mol. The highest BCUT2D eigenvalue weighted by Crippen LogP contribution is 2.21. The molecule has 0 radical (unpaired) electrons. The number of fused-ring (bicyclic) bond motifs is 2. The number of halogens is 1. The predicted octanol–water partition coefficient (Wildman–Crippen LogP) is 5.97. The van der Waals surface area contributed by atoms with Gasteiger partial charge in [0.05, 0.1) is 35.1 Å². The molecule has 2 N–H and O–H groups in total. The second kappa shape index (κ2) is 12.2. The number of hydrogen-bond acceptors (Lipinski definition) is 5. The van der Waals surface area contributed by atoms with Crippen molar-refractivity contribution in [3.8, 4) is 12.1 Å². The van der Waals surface area contributed by atoms with Crippen LogP contribution < -0.4 is 0 Å². The molecule has 2 heterocycles. The van der Waals surface area contributed by atoms with Crippen molar-refractivity contribution in [2.24, 2.45) is 0 Å². The monoisotopic (exact) mass is 565 g/mol. The Morgan fingerprint density at radius 3 is 1.84 bits per heavy atom. The molecule has 0 saturated heterocycles. The van der Waals surface area contributed by atoms with Gasteiger partial charge in [-0.2, -0.15) is 10.5 Å². The zero-order valence-electron chi connectivity index (χ0n) is 20.7. The summed E-state index contributed by atoms with van der Waals surface area (Å²) < 4.78 is 0. The minimum Gasteiger partial charge on any atom is -0.360 e. The summed E-state index contributed by atoms with van der Waals surface area (Å²) in [5.74, 6) is 0.0566. The van der Waals surface area contributed by atoms with Crippen LogP contribution in [0.5, 0.6) is 0 Å². The largest absolute Gasteiger partial charge is 0.360 e. The number of hydrogen-bond donors (Lipinski definition) is 2. The van der Waals surface area contributed by atoms with Gasteiger partial charge in [-0.05, 0) is 49.0 Å². The van der Waals surface area contributed by atoms with Crippen LogP contribution in [-0.4, -0.2) is 45.4 Å². The molecule has 0 aliphatic heterocycles. The number of rotatable bonds is 7. The third kappa shape index (κ3) is 6.07. The lowest BCUT2D eigenvalue weighted by Crippen LogP contribution is -2.25. The van der Waals surface area contributed by atoms with Gasteiger partial charge in [-0.1, -0.05) is 46.3 Å². The molecule has 0 aliphatic carbocycles. The van der Waals surface area contributed by atoms with Crippen LogP contribution in [0, 0.1) is 22.7 Å². The first-order valence-corrected chi connectivity index (χ1v) is 12.9. The van der Waals surface area contributed by atoms with E-state index < -0.39 is 0 Å². The van der Waals surface area contributed by atoms with Crippen LogP contribution in [0.1, 0.15) is 37.4 Å². The van der Waals surface area contributed by atoms with Gasteiger partial charge in [-0.3, -0.25) is 14.5 Å². The van der Waals surface area contributed by atoms with E-state index in [9.17, 15) is 9.59 Å². The molecule has 0 bridgehead atoms. The average Bonchev–Trinajstić information content (AvgIpc) is 3.57. The van der Waals surface area contributed by atoms with Gasteiger partial charge >= 0.3 is 0 Å². The highest BCUT2D eigenvalue weighted by molar-refractivity contribution is 9.09. The fraction of sp³-hybridized carbons (Fsp3) is 0.133. The number of nitrogens with zero attached hydrogens (tertiary/aromatic N) is 3. The van der Waals surface area contributed by atoms with E-state index in [1.54, 1.807) is 42.7 Å². The highest BCUT2D eigenvalue weighted by Gasteiger charge is 2.15. The van der Waals surface area contributed by atoms with Crippen LogP contribution in [-0.2, 0) is 6.54 Å². The summed E-state index contributed by atoms with van der Waals surface area (Å²) in [5, 5.41) is 19.7. The maximum atomic E-state index is 12.6. The van der Waals surface area contributed by atoms with Crippen LogP contribution in [0.4, 0.5) is 0 Å². The third-order valence-electron chi connectivity index (χ3n) is 6.05. The fourth-order valence-electron chi connectivity index (χ4n) is 4.20. The van der Waals surface area contributed by atoms with Gasteiger partial charge < -0.3 is 9.97 Å².